The van der Waals surface area contributed by atoms with Crippen LogP contribution in [0.4, 0.5) is 0 Å². The van der Waals surface area contributed by atoms with Gasteiger partial charge in [-0.1, -0.05) is 0 Å². The average Bonchev–Trinajstić information content (AvgIpc) is 2.47. The summed E-state index contributed by atoms with van der Waals surface area (Å²) in [4.78, 5) is 20.8. The molecule has 1 heterocycles. The average molecular weight is 170 g/mol. The normalized spacial score (nSPS) is 25.5. The molecule has 5 heteroatoms. The Morgan fingerprint density at radius 2 is 1.27 bits per heavy atom. The van der Waals surface area contributed by atoms with E-state index in [0.29, 0.717) is 0 Å². The highest BCUT2D eigenvalue weighted by Crippen LogP contribution is 2.40. The number of rotatable bonds is 0. The molecular formula is C6H2O4S. The molecule has 0 aromatic heterocycles. The predicted octanol–water partition coefficient (Wildman–Crippen LogP) is -0.666. The zero-order chi connectivity index (χ0) is 8.22. The van der Waals surface area contributed by atoms with Crippen LogP contribution in [0.25, 0.3) is 0 Å². The van der Waals surface area contributed by atoms with Crippen LogP contribution in [-0.4, -0.2) is 20.0 Å². The van der Waals surface area contributed by atoms with Gasteiger partial charge in [-0.25, -0.2) is 8.42 Å². The van der Waals surface area contributed by atoms with Gasteiger partial charge in [-0.15, -0.1) is 0 Å². The summed E-state index contributed by atoms with van der Waals surface area (Å²) in [7, 11) is -3.56. The van der Waals surface area contributed by atoms with Gasteiger partial charge in [0.2, 0.25) is 9.84 Å². The maximum absolute atomic E-state index is 10.8. The summed E-state index contributed by atoms with van der Waals surface area (Å²) in [6.07, 6.45) is 1.96. The van der Waals surface area contributed by atoms with Gasteiger partial charge in [0.05, 0.1) is 0 Å². The van der Waals surface area contributed by atoms with Crippen LogP contribution < -0.4 is 0 Å². The fourth-order valence-corrected chi connectivity index (χ4v) is 2.44. The summed E-state index contributed by atoms with van der Waals surface area (Å²) < 4.78 is 21.5. The van der Waals surface area contributed by atoms with Crippen LogP contribution in [-0.2, 0) is 19.4 Å². The van der Waals surface area contributed by atoms with Gasteiger partial charge in [-0.05, 0) is 12.2 Å². The lowest BCUT2D eigenvalue weighted by Crippen LogP contribution is -1.97. The first-order valence-electron chi connectivity index (χ1n) is 2.81. The Hall–Kier alpha value is -1.23. The summed E-state index contributed by atoms with van der Waals surface area (Å²) in [6, 6.07) is 0. The third kappa shape index (κ3) is 0.605. The smallest absolute Gasteiger partial charge is 0.217 e. The largest absolute Gasteiger partial charge is 0.288 e. The molecule has 0 amide bonds. The second-order valence-electron chi connectivity index (χ2n) is 2.22. The van der Waals surface area contributed by atoms with Gasteiger partial charge in [0, 0.05) is 0 Å². The highest BCUT2D eigenvalue weighted by molar-refractivity contribution is 8.08. The SMILES string of the molecule is O=C1C=CC(=O)C2=C1S2(=O)=O. The Morgan fingerprint density at radius 1 is 0.909 bits per heavy atom. The van der Waals surface area contributed by atoms with E-state index < -0.39 is 21.4 Å². The van der Waals surface area contributed by atoms with Crippen molar-refractivity contribution in [1.29, 1.82) is 0 Å². The summed E-state index contributed by atoms with van der Waals surface area (Å²) >= 11 is 0. The summed E-state index contributed by atoms with van der Waals surface area (Å²) in [5, 5.41) is 0. The molecule has 1 aliphatic heterocycles. The van der Waals surface area contributed by atoms with E-state index in [1.165, 1.54) is 0 Å². The molecule has 0 N–H and O–H groups in total. The van der Waals surface area contributed by atoms with E-state index in [1.54, 1.807) is 0 Å². The molecule has 0 fully saturated rings. The molecular weight excluding hydrogens is 168 g/mol. The second kappa shape index (κ2) is 1.50. The first-order valence-corrected chi connectivity index (χ1v) is 4.29. The minimum absolute atomic E-state index is 0.315. The standard InChI is InChI=1S/C6H2O4S/c7-3-1-2-4(8)6-5(3)11(6,9)10/h1-2H. The van der Waals surface area contributed by atoms with Crippen molar-refractivity contribution in [2.75, 3.05) is 0 Å². The van der Waals surface area contributed by atoms with Gasteiger partial charge in [0.15, 0.2) is 11.6 Å². The van der Waals surface area contributed by atoms with Gasteiger partial charge < -0.3 is 0 Å². The molecule has 0 atom stereocenters. The fourth-order valence-electron chi connectivity index (χ4n) is 0.985. The maximum atomic E-state index is 10.8. The van der Waals surface area contributed by atoms with E-state index >= 15 is 0 Å². The van der Waals surface area contributed by atoms with Crippen molar-refractivity contribution in [3.63, 3.8) is 0 Å². The van der Waals surface area contributed by atoms with E-state index in [4.69, 9.17) is 0 Å². The second-order valence-corrected chi connectivity index (χ2v) is 4.05. The van der Waals surface area contributed by atoms with Gasteiger partial charge in [0.25, 0.3) is 0 Å². The van der Waals surface area contributed by atoms with Gasteiger partial charge in [0.1, 0.15) is 9.81 Å². The first kappa shape index (κ1) is 6.48. The van der Waals surface area contributed by atoms with E-state index in [-0.39, 0.29) is 9.81 Å². The number of sulfone groups is 1. The fraction of sp³-hybridized carbons (Fsp3) is 0. The van der Waals surface area contributed by atoms with Crippen LogP contribution in [0, 0.1) is 0 Å². The zero-order valence-electron chi connectivity index (χ0n) is 5.20. The highest BCUT2D eigenvalue weighted by Gasteiger charge is 2.52. The lowest BCUT2D eigenvalue weighted by molar-refractivity contribution is -0.113. The Bertz CT molecular complexity index is 401. The van der Waals surface area contributed by atoms with Crippen molar-refractivity contribution < 1.29 is 18.0 Å². The molecule has 0 unspecified atom stereocenters. The van der Waals surface area contributed by atoms with E-state index in [1.807, 2.05) is 0 Å². The minimum Gasteiger partial charge on any atom is -0.288 e. The van der Waals surface area contributed by atoms with Gasteiger partial charge in [-0.2, -0.15) is 0 Å². The number of allylic oxidation sites excluding steroid dienone is 4. The van der Waals surface area contributed by atoms with Gasteiger partial charge >= 0.3 is 0 Å². The molecule has 4 nitrogen and oxygen atoms in total. The Kier molecular flexibility index (Phi) is 0.885. The van der Waals surface area contributed by atoms with Gasteiger partial charge in [-0.3, -0.25) is 9.59 Å². The lowest BCUT2D eigenvalue weighted by Gasteiger charge is -1.82. The molecule has 0 aromatic rings. The maximum Gasteiger partial charge on any atom is 0.217 e. The van der Waals surface area contributed by atoms with Crippen molar-refractivity contribution in [1.82, 2.24) is 0 Å². The van der Waals surface area contributed by atoms with Crippen LogP contribution in [0.3, 0.4) is 0 Å². The zero-order valence-corrected chi connectivity index (χ0v) is 6.01. The van der Waals surface area contributed by atoms with E-state index in [9.17, 15) is 18.0 Å². The molecule has 0 saturated carbocycles. The third-order valence-corrected chi connectivity index (χ3v) is 3.22. The molecule has 0 radical (unpaired) electrons. The molecule has 2 aliphatic rings. The third-order valence-electron chi connectivity index (χ3n) is 1.54. The van der Waals surface area contributed by atoms with Crippen molar-refractivity contribution in [3.05, 3.63) is 22.0 Å². The van der Waals surface area contributed by atoms with Crippen LogP contribution in [0.1, 0.15) is 0 Å². The van der Waals surface area contributed by atoms with E-state index in [2.05, 4.69) is 0 Å². The predicted molar refractivity (Wildman–Crippen MR) is 35.1 cm³/mol. The summed E-state index contributed by atoms with van der Waals surface area (Å²) in [5.41, 5.74) is 0. The number of hydrogen-bond acceptors (Lipinski definition) is 4. The van der Waals surface area contributed by atoms with Crippen LogP contribution >= 0.6 is 0 Å². The highest BCUT2D eigenvalue weighted by atomic mass is 32.2. The summed E-state index contributed by atoms with van der Waals surface area (Å²) in [5.74, 6) is -1.17. The number of ketones is 2. The molecule has 0 aromatic carbocycles. The Labute approximate surface area is 62.1 Å². The monoisotopic (exact) mass is 170 g/mol. The minimum atomic E-state index is -3.56. The van der Waals surface area contributed by atoms with Crippen LogP contribution in [0.15, 0.2) is 22.0 Å². The number of carbonyl (C=O) groups excluding carboxylic acids is 2. The quantitative estimate of drug-likeness (QED) is 0.452. The Morgan fingerprint density at radius 3 is 1.64 bits per heavy atom. The summed E-state index contributed by atoms with van der Waals surface area (Å²) in [6.45, 7) is 0. The lowest BCUT2D eigenvalue weighted by atomic mass is 10.2. The molecule has 1 aliphatic carbocycles. The first-order chi connectivity index (χ1) is 5.05. The Balaban J connectivity index is 2.64. The van der Waals surface area contributed by atoms with Crippen molar-refractivity contribution >= 4 is 21.4 Å². The van der Waals surface area contributed by atoms with Crippen molar-refractivity contribution in [2.24, 2.45) is 0 Å². The molecule has 0 saturated heterocycles. The molecule has 0 bridgehead atoms. The number of carbonyl (C=O) groups is 2. The van der Waals surface area contributed by atoms with Crippen LogP contribution in [0.2, 0.25) is 0 Å². The molecule has 2 rings (SSSR count). The topological polar surface area (TPSA) is 68.3 Å². The van der Waals surface area contributed by atoms with Crippen LogP contribution in [0.5, 0.6) is 0 Å². The molecule has 56 valence electrons. The van der Waals surface area contributed by atoms with Crippen molar-refractivity contribution in [3.8, 4) is 0 Å². The van der Waals surface area contributed by atoms with E-state index in [0.717, 1.165) is 12.2 Å². The molecule has 11 heavy (non-hydrogen) atoms. The molecule has 0 spiro atoms. The number of hydrogen-bond donors (Lipinski definition) is 0. The van der Waals surface area contributed by atoms with Crippen molar-refractivity contribution in [2.45, 2.75) is 0 Å².